The number of hydrogen-bond donors (Lipinski definition) is 3. The first-order chi connectivity index (χ1) is 22.3. The normalized spacial score (nSPS) is 29.3. The van der Waals surface area contributed by atoms with Crippen molar-refractivity contribution >= 4 is 28.6 Å². The number of anilines is 1. The van der Waals surface area contributed by atoms with Crippen molar-refractivity contribution in [1.29, 1.82) is 0 Å². The molecule has 5 atom stereocenters. The van der Waals surface area contributed by atoms with Crippen LogP contribution >= 0.6 is 0 Å². The van der Waals surface area contributed by atoms with Gasteiger partial charge in [-0.15, -0.1) is 0 Å². The van der Waals surface area contributed by atoms with E-state index in [0.717, 1.165) is 32.4 Å². The summed E-state index contributed by atoms with van der Waals surface area (Å²) in [4.78, 5) is 13.3. The Bertz CT molecular complexity index is 1810. The molecule has 2 saturated heterocycles. The maximum atomic E-state index is 17.2. The second kappa shape index (κ2) is 11.6. The van der Waals surface area contributed by atoms with Gasteiger partial charge in [-0.25, -0.2) is 8.78 Å². The molecule has 6 bridgehead atoms. The number of aliphatic hydroxyl groups is 1. The highest BCUT2D eigenvalue weighted by Gasteiger charge is 2.54. The monoisotopic (exact) mass is 633 g/mol. The number of halogens is 2. The number of rotatable bonds is 3. The average Bonchev–Trinajstić information content (AvgIpc) is 3.75. The Hall–Kier alpha value is -3.54. The molecule has 46 heavy (non-hydrogen) atoms. The minimum absolute atomic E-state index is 0.0262. The minimum Gasteiger partial charge on any atom is -0.508 e. The molecule has 3 aromatic rings. The molecule has 0 spiro atoms. The van der Waals surface area contributed by atoms with Crippen LogP contribution in [0.25, 0.3) is 22.8 Å². The quantitative estimate of drug-likeness (QED) is 0.402. The van der Waals surface area contributed by atoms with E-state index >= 15 is 8.78 Å². The van der Waals surface area contributed by atoms with Crippen LogP contribution in [0.2, 0.25) is 0 Å². The maximum Gasteiger partial charge on any atom is 0.319 e. The summed E-state index contributed by atoms with van der Waals surface area (Å²) in [6, 6.07) is 5.29. The molecular formula is C35H41F2N5O4. The Kier molecular flexibility index (Phi) is 7.53. The third-order valence-electron chi connectivity index (χ3n) is 10.7. The lowest BCUT2D eigenvalue weighted by molar-refractivity contribution is 0.0568. The lowest BCUT2D eigenvalue weighted by Gasteiger charge is -2.37. The lowest BCUT2D eigenvalue weighted by atomic mass is 9.90. The number of aromatic hydroxyl groups is 1. The molecule has 9 rings (SSSR count). The highest BCUT2D eigenvalue weighted by molar-refractivity contribution is 5.92. The molecule has 244 valence electrons. The van der Waals surface area contributed by atoms with Gasteiger partial charge < -0.3 is 34.8 Å². The molecule has 0 amide bonds. The molecule has 1 saturated carbocycles. The third-order valence-corrected chi connectivity index (χ3v) is 10.7. The fraction of sp³-hybridized carbons (Fsp3) is 0.543. The van der Waals surface area contributed by atoms with Crippen LogP contribution in [-0.2, 0) is 11.2 Å². The minimum atomic E-state index is -0.971. The van der Waals surface area contributed by atoms with Crippen molar-refractivity contribution in [2.24, 2.45) is 17.3 Å². The van der Waals surface area contributed by atoms with E-state index in [9.17, 15) is 10.2 Å². The number of ether oxygens (including phenoxy) is 2. The zero-order valence-electron chi connectivity index (χ0n) is 26.1. The number of benzene rings is 2. The van der Waals surface area contributed by atoms with Crippen molar-refractivity contribution in [3.63, 3.8) is 0 Å². The molecule has 1 aliphatic carbocycles. The molecule has 5 unspecified atom stereocenters. The number of aliphatic hydroxyl groups excluding tert-OH is 1. The number of hydrogen-bond acceptors (Lipinski definition) is 9. The van der Waals surface area contributed by atoms with E-state index in [1.807, 2.05) is 11.1 Å². The highest BCUT2D eigenvalue weighted by Crippen LogP contribution is 2.56. The van der Waals surface area contributed by atoms with E-state index in [2.05, 4.69) is 5.32 Å². The molecule has 3 N–H and O–H groups in total. The second-order valence-electron chi connectivity index (χ2n) is 14.0. The zero-order valence-corrected chi connectivity index (χ0v) is 26.1. The Morgan fingerprint density at radius 2 is 2.07 bits per heavy atom. The van der Waals surface area contributed by atoms with Gasteiger partial charge in [-0.2, -0.15) is 9.97 Å². The van der Waals surface area contributed by atoms with Crippen molar-refractivity contribution in [1.82, 2.24) is 20.2 Å². The summed E-state index contributed by atoms with van der Waals surface area (Å²) in [7, 11) is 1.77. The highest BCUT2D eigenvalue weighted by atomic mass is 19.1. The maximum absolute atomic E-state index is 17.2. The lowest BCUT2D eigenvalue weighted by Crippen LogP contribution is -2.50. The number of nitrogens with zero attached hydrogens (tertiary/aromatic N) is 4. The van der Waals surface area contributed by atoms with Crippen LogP contribution in [0.1, 0.15) is 49.3 Å². The molecule has 1 aromatic heterocycles. The Morgan fingerprint density at radius 1 is 1.17 bits per heavy atom. The van der Waals surface area contributed by atoms with E-state index in [1.54, 1.807) is 24.1 Å². The Morgan fingerprint density at radius 3 is 2.96 bits per heavy atom. The number of piperidine rings is 1. The van der Waals surface area contributed by atoms with Crippen LogP contribution in [0.15, 0.2) is 24.3 Å². The van der Waals surface area contributed by atoms with E-state index in [-0.39, 0.29) is 34.3 Å². The molecule has 2 aromatic carbocycles. The van der Waals surface area contributed by atoms with Gasteiger partial charge in [0.1, 0.15) is 28.8 Å². The fourth-order valence-electron chi connectivity index (χ4n) is 8.38. The number of aryl methyl sites for hydroxylation is 1. The molecule has 5 aliphatic heterocycles. The topological polar surface area (TPSA) is 103 Å². The number of phenolic OH excluding ortho intramolecular Hbond substituents is 1. The number of aromatic nitrogens is 2. The van der Waals surface area contributed by atoms with Crippen molar-refractivity contribution in [3.05, 3.63) is 51.8 Å². The zero-order chi connectivity index (χ0) is 31.6. The third kappa shape index (κ3) is 5.26. The van der Waals surface area contributed by atoms with Crippen LogP contribution in [0.5, 0.6) is 11.8 Å². The number of fused-ring (bicyclic) bond motifs is 6. The Labute approximate surface area is 266 Å². The first-order valence-corrected chi connectivity index (χ1v) is 16.6. The molecule has 6 heterocycles. The van der Waals surface area contributed by atoms with Crippen LogP contribution in [-0.4, -0.2) is 84.2 Å². The van der Waals surface area contributed by atoms with Gasteiger partial charge in [0.15, 0.2) is 5.83 Å². The SMILES string of the molecule is CN1C=c2c3nc(OCC45CCCNCC4C5)nc2=C(F)C1c1cc(O)cc2ccc(F)c(c12)CCCOCC1CC(O)CN3C1. The summed E-state index contributed by atoms with van der Waals surface area (Å²) in [6.07, 6.45) is 5.99. The van der Waals surface area contributed by atoms with Crippen molar-refractivity contribution in [3.8, 4) is 11.8 Å². The average molecular weight is 634 g/mol. The summed E-state index contributed by atoms with van der Waals surface area (Å²) in [5, 5.41) is 27.0. The molecule has 6 aliphatic rings. The van der Waals surface area contributed by atoms with Gasteiger partial charge in [0.25, 0.3) is 0 Å². The van der Waals surface area contributed by atoms with Crippen LogP contribution in [0, 0.1) is 23.1 Å². The van der Waals surface area contributed by atoms with E-state index in [0.29, 0.717) is 91.0 Å². The molecule has 9 nitrogen and oxygen atoms in total. The largest absolute Gasteiger partial charge is 0.508 e. The Balaban J connectivity index is 1.31. The van der Waals surface area contributed by atoms with Crippen molar-refractivity contribution < 1.29 is 28.5 Å². The van der Waals surface area contributed by atoms with Gasteiger partial charge >= 0.3 is 6.01 Å². The van der Waals surface area contributed by atoms with Gasteiger partial charge in [0.2, 0.25) is 0 Å². The van der Waals surface area contributed by atoms with Gasteiger partial charge in [-0.05, 0) is 97.6 Å². The standard InChI is InChI=1S/C35H41F2N5O4/c1-41-17-27-31-30(37)32(41)26-12-23(43)11-21-5-6-28(36)25(29(21)26)4-2-9-45-18-20-10-24(44)16-42(15-20)33(27)40-34(39-31)46-19-35-7-3-8-38-14-22(35)13-35/h5-6,11-12,17,20,22,24,32,38,43-44H,2-4,7-10,13-16,18-19H2,1H3. The van der Waals surface area contributed by atoms with Crippen molar-refractivity contribution in [2.75, 3.05) is 57.9 Å². The molecule has 11 heteroatoms. The van der Waals surface area contributed by atoms with E-state index in [4.69, 9.17) is 19.4 Å². The van der Waals surface area contributed by atoms with E-state index < -0.39 is 18.0 Å². The predicted octanol–water partition coefficient (Wildman–Crippen LogP) is 2.90. The first kappa shape index (κ1) is 29.8. The van der Waals surface area contributed by atoms with Crippen LogP contribution in [0.3, 0.4) is 0 Å². The van der Waals surface area contributed by atoms with Crippen molar-refractivity contribution in [2.45, 2.75) is 50.7 Å². The fourth-order valence-corrected chi connectivity index (χ4v) is 8.38. The summed E-state index contributed by atoms with van der Waals surface area (Å²) >= 11 is 0. The summed E-state index contributed by atoms with van der Waals surface area (Å²) in [6.45, 7) is 4.22. The van der Waals surface area contributed by atoms with Gasteiger partial charge in [-0.3, -0.25) is 0 Å². The van der Waals surface area contributed by atoms with Gasteiger partial charge in [-0.1, -0.05) is 6.07 Å². The predicted molar refractivity (Wildman–Crippen MR) is 170 cm³/mol. The smallest absolute Gasteiger partial charge is 0.319 e. The van der Waals surface area contributed by atoms with Gasteiger partial charge in [0.05, 0.1) is 24.5 Å². The summed E-state index contributed by atoms with van der Waals surface area (Å²) < 4.78 is 45.1. The summed E-state index contributed by atoms with van der Waals surface area (Å²) in [5.74, 6) is 0.163. The van der Waals surface area contributed by atoms with Crippen LogP contribution in [0.4, 0.5) is 14.6 Å². The number of nitrogens with one attached hydrogen (secondary N) is 1. The first-order valence-electron chi connectivity index (χ1n) is 16.6. The molecule has 0 radical (unpaired) electrons. The summed E-state index contributed by atoms with van der Waals surface area (Å²) in [5.41, 5.74) is 1.01. The molecular weight excluding hydrogens is 592 g/mol. The van der Waals surface area contributed by atoms with Crippen LogP contribution < -0.4 is 25.5 Å². The molecule has 3 fully saturated rings. The number of phenols is 1. The second-order valence-corrected chi connectivity index (χ2v) is 14.0. The van der Waals surface area contributed by atoms with Gasteiger partial charge in [0, 0.05) is 44.3 Å². The van der Waals surface area contributed by atoms with E-state index in [1.165, 1.54) is 12.1 Å².